The Balaban J connectivity index is 2.26. The second-order valence-electron chi connectivity index (χ2n) is 4.11. The Morgan fingerprint density at radius 1 is 1.40 bits per heavy atom. The number of likely N-dealkylation sites (N-methyl/N-ethyl adjacent to an activating group) is 1. The zero-order valence-electron chi connectivity index (χ0n) is 10.7. The highest BCUT2D eigenvalue weighted by atomic mass is 79.9. The van der Waals surface area contributed by atoms with Crippen molar-refractivity contribution in [3.05, 3.63) is 41.1 Å². The third kappa shape index (κ3) is 3.67. The molecule has 0 fully saturated rings. The Labute approximate surface area is 124 Å². The lowest BCUT2D eigenvalue weighted by Gasteiger charge is -2.18. The van der Waals surface area contributed by atoms with Crippen LogP contribution in [0.3, 0.4) is 0 Å². The number of carboxylic acid groups (broad SMARTS) is 1. The molecule has 104 valence electrons. The lowest BCUT2D eigenvalue weighted by Crippen LogP contribution is -2.26. The van der Waals surface area contributed by atoms with E-state index in [1.54, 1.807) is 13.2 Å². The minimum absolute atomic E-state index is 0.147. The van der Waals surface area contributed by atoms with Crippen molar-refractivity contribution in [2.24, 2.45) is 0 Å². The van der Waals surface area contributed by atoms with E-state index in [-0.39, 0.29) is 6.54 Å². The van der Waals surface area contributed by atoms with E-state index in [0.717, 1.165) is 10.2 Å². The number of aliphatic carboxylic acids is 1. The summed E-state index contributed by atoms with van der Waals surface area (Å²) in [6.45, 7) is -0.147. The molecule has 0 aliphatic carbocycles. The van der Waals surface area contributed by atoms with Crippen molar-refractivity contribution in [3.8, 4) is 0 Å². The van der Waals surface area contributed by atoms with Crippen molar-refractivity contribution in [2.75, 3.05) is 23.8 Å². The molecule has 0 bridgehead atoms. The average Bonchev–Trinajstić information content (AvgIpc) is 2.38. The van der Waals surface area contributed by atoms with Crippen molar-refractivity contribution < 1.29 is 9.90 Å². The van der Waals surface area contributed by atoms with Crippen LogP contribution in [0.1, 0.15) is 0 Å². The highest BCUT2D eigenvalue weighted by Crippen LogP contribution is 2.24. The van der Waals surface area contributed by atoms with Crippen molar-refractivity contribution >= 4 is 39.2 Å². The SMILES string of the molecule is CN(CC(=O)O)c1nccnc1Nc1cccc(Br)c1. The molecule has 0 atom stereocenters. The summed E-state index contributed by atoms with van der Waals surface area (Å²) in [7, 11) is 1.66. The number of nitrogens with zero attached hydrogens (tertiary/aromatic N) is 3. The van der Waals surface area contributed by atoms with Gasteiger partial charge in [0.05, 0.1) is 0 Å². The molecule has 6 nitrogen and oxygen atoms in total. The van der Waals surface area contributed by atoms with Crippen LogP contribution in [0.15, 0.2) is 41.1 Å². The molecule has 7 heteroatoms. The molecule has 0 saturated heterocycles. The molecule has 0 aliphatic rings. The smallest absolute Gasteiger partial charge is 0.323 e. The predicted molar refractivity (Wildman–Crippen MR) is 80.4 cm³/mol. The third-order valence-corrected chi connectivity index (χ3v) is 2.99. The van der Waals surface area contributed by atoms with Crippen molar-refractivity contribution in [1.29, 1.82) is 0 Å². The highest BCUT2D eigenvalue weighted by molar-refractivity contribution is 9.10. The summed E-state index contributed by atoms with van der Waals surface area (Å²) in [5, 5.41) is 12.0. The van der Waals surface area contributed by atoms with Gasteiger partial charge in [0.25, 0.3) is 0 Å². The lowest BCUT2D eigenvalue weighted by atomic mass is 10.3. The van der Waals surface area contributed by atoms with Gasteiger partial charge in [0.15, 0.2) is 11.6 Å². The predicted octanol–water partition coefficient (Wildman–Crippen LogP) is 2.50. The molecular weight excluding hydrogens is 324 g/mol. The van der Waals surface area contributed by atoms with Crippen LogP contribution in [0, 0.1) is 0 Å². The number of anilines is 3. The molecule has 2 N–H and O–H groups in total. The number of nitrogens with one attached hydrogen (secondary N) is 1. The summed E-state index contributed by atoms with van der Waals surface area (Å²) in [4.78, 5) is 20.7. The molecule has 20 heavy (non-hydrogen) atoms. The Kier molecular flexibility index (Phi) is 4.52. The first kappa shape index (κ1) is 14.3. The normalized spacial score (nSPS) is 10.1. The Morgan fingerprint density at radius 2 is 2.15 bits per heavy atom. The lowest BCUT2D eigenvalue weighted by molar-refractivity contribution is -0.135. The quantitative estimate of drug-likeness (QED) is 0.873. The molecule has 0 aliphatic heterocycles. The average molecular weight is 337 g/mol. The van der Waals surface area contributed by atoms with Crippen LogP contribution >= 0.6 is 15.9 Å². The Bertz CT molecular complexity index is 621. The van der Waals surface area contributed by atoms with E-state index in [9.17, 15) is 4.79 Å². The van der Waals surface area contributed by atoms with Gasteiger partial charge in [-0.25, -0.2) is 9.97 Å². The number of hydrogen-bond donors (Lipinski definition) is 2. The highest BCUT2D eigenvalue weighted by Gasteiger charge is 2.13. The van der Waals surface area contributed by atoms with Crippen molar-refractivity contribution in [2.45, 2.75) is 0 Å². The molecule has 2 aromatic rings. The summed E-state index contributed by atoms with van der Waals surface area (Å²) in [6, 6.07) is 7.60. The van der Waals surface area contributed by atoms with Crippen LogP contribution in [-0.4, -0.2) is 34.6 Å². The maximum absolute atomic E-state index is 10.8. The summed E-state index contributed by atoms with van der Waals surface area (Å²) in [6.07, 6.45) is 3.08. The summed E-state index contributed by atoms with van der Waals surface area (Å²) < 4.78 is 0.937. The van der Waals surface area contributed by atoms with Crippen LogP contribution in [0.2, 0.25) is 0 Å². The first-order valence-electron chi connectivity index (χ1n) is 5.83. The van der Waals surface area contributed by atoms with Gasteiger partial charge in [-0.15, -0.1) is 0 Å². The molecule has 0 unspecified atom stereocenters. The number of benzene rings is 1. The van der Waals surface area contributed by atoms with E-state index in [4.69, 9.17) is 5.11 Å². The van der Waals surface area contributed by atoms with Crippen LogP contribution < -0.4 is 10.2 Å². The number of hydrogen-bond acceptors (Lipinski definition) is 5. The van der Waals surface area contributed by atoms with Gasteiger partial charge in [-0.05, 0) is 18.2 Å². The second-order valence-corrected chi connectivity index (χ2v) is 5.03. The zero-order chi connectivity index (χ0) is 14.5. The molecule has 0 saturated carbocycles. The van der Waals surface area contributed by atoms with Gasteiger partial charge >= 0.3 is 5.97 Å². The van der Waals surface area contributed by atoms with Gasteiger partial charge < -0.3 is 15.3 Å². The maximum Gasteiger partial charge on any atom is 0.323 e. The molecule has 0 spiro atoms. The fourth-order valence-corrected chi connectivity index (χ4v) is 2.08. The van der Waals surface area contributed by atoms with Crippen LogP contribution in [-0.2, 0) is 4.79 Å². The van der Waals surface area contributed by atoms with E-state index in [2.05, 4.69) is 31.2 Å². The van der Waals surface area contributed by atoms with Gasteiger partial charge in [0.1, 0.15) is 6.54 Å². The standard InChI is InChI=1S/C13H13BrN4O2/c1-18(8-11(19)20)13-12(15-5-6-16-13)17-10-4-2-3-9(14)7-10/h2-7H,8H2,1H3,(H,15,17)(H,19,20). The number of halogens is 1. The summed E-state index contributed by atoms with van der Waals surface area (Å²) in [5.74, 6) is 0.0655. The van der Waals surface area contributed by atoms with Crippen molar-refractivity contribution in [1.82, 2.24) is 9.97 Å². The molecule has 1 aromatic carbocycles. The van der Waals surface area contributed by atoms with Gasteiger partial charge in [-0.2, -0.15) is 0 Å². The summed E-state index contributed by atoms with van der Waals surface area (Å²) >= 11 is 3.39. The van der Waals surface area contributed by atoms with Gasteiger partial charge in [-0.3, -0.25) is 4.79 Å². The van der Waals surface area contributed by atoms with E-state index in [1.165, 1.54) is 11.1 Å². The monoisotopic (exact) mass is 336 g/mol. The molecular formula is C13H13BrN4O2. The van der Waals surface area contributed by atoms with Crippen LogP contribution in [0.5, 0.6) is 0 Å². The zero-order valence-corrected chi connectivity index (χ0v) is 12.3. The first-order valence-corrected chi connectivity index (χ1v) is 6.62. The fraction of sp³-hybridized carbons (Fsp3) is 0.154. The molecule has 0 radical (unpaired) electrons. The second kappa shape index (κ2) is 6.33. The topological polar surface area (TPSA) is 78.4 Å². The number of aromatic nitrogens is 2. The molecule has 0 amide bonds. The third-order valence-electron chi connectivity index (χ3n) is 2.50. The molecule has 1 aromatic heterocycles. The van der Waals surface area contributed by atoms with Gasteiger partial charge in [0.2, 0.25) is 0 Å². The fourth-order valence-electron chi connectivity index (χ4n) is 1.68. The Morgan fingerprint density at radius 3 is 2.85 bits per heavy atom. The summed E-state index contributed by atoms with van der Waals surface area (Å²) in [5.41, 5.74) is 0.838. The van der Waals surface area contributed by atoms with E-state index < -0.39 is 5.97 Å². The van der Waals surface area contributed by atoms with E-state index in [1.807, 2.05) is 24.3 Å². The van der Waals surface area contributed by atoms with Gasteiger partial charge in [-0.1, -0.05) is 22.0 Å². The number of carboxylic acids is 1. The number of carbonyl (C=O) groups is 1. The minimum Gasteiger partial charge on any atom is -0.480 e. The molecule has 1 heterocycles. The van der Waals surface area contributed by atoms with Crippen LogP contribution in [0.25, 0.3) is 0 Å². The minimum atomic E-state index is -0.924. The van der Waals surface area contributed by atoms with Crippen LogP contribution in [0.4, 0.5) is 17.3 Å². The first-order chi connectivity index (χ1) is 9.56. The largest absolute Gasteiger partial charge is 0.480 e. The van der Waals surface area contributed by atoms with E-state index in [0.29, 0.717) is 11.6 Å². The van der Waals surface area contributed by atoms with Crippen molar-refractivity contribution in [3.63, 3.8) is 0 Å². The molecule has 2 rings (SSSR count). The number of rotatable bonds is 5. The van der Waals surface area contributed by atoms with Gasteiger partial charge in [0, 0.05) is 29.6 Å². The van der Waals surface area contributed by atoms with E-state index >= 15 is 0 Å². The Hall–Kier alpha value is -2.15. The maximum atomic E-state index is 10.8.